The third-order valence-corrected chi connectivity index (χ3v) is 4.27. The van der Waals surface area contributed by atoms with Crippen LogP contribution in [0.3, 0.4) is 0 Å². The van der Waals surface area contributed by atoms with Crippen molar-refractivity contribution < 1.29 is 9.53 Å². The molecule has 0 atom stereocenters. The van der Waals surface area contributed by atoms with Gasteiger partial charge in [-0.1, -0.05) is 13.8 Å². The summed E-state index contributed by atoms with van der Waals surface area (Å²) in [6.07, 6.45) is 2.54. The van der Waals surface area contributed by atoms with Gasteiger partial charge >= 0.3 is 5.97 Å². The van der Waals surface area contributed by atoms with Gasteiger partial charge in [0.1, 0.15) is 0 Å². The van der Waals surface area contributed by atoms with Crippen molar-refractivity contribution in [2.45, 2.75) is 45.6 Å². The minimum atomic E-state index is -0.0554. The zero-order chi connectivity index (χ0) is 13.6. The molecule has 1 fully saturated rings. The van der Waals surface area contributed by atoms with E-state index in [1.54, 1.807) is 0 Å². The van der Waals surface area contributed by atoms with Crippen LogP contribution < -0.4 is 0 Å². The van der Waals surface area contributed by atoms with Crippen LogP contribution in [0.15, 0.2) is 0 Å². The molecule has 4 nitrogen and oxygen atoms in total. The lowest BCUT2D eigenvalue weighted by Gasteiger charge is -2.46. The third kappa shape index (κ3) is 3.69. The Bertz CT molecular complexity index is 257. The number of nitrogens with zero attached hydrogens (tertiary/aromatic N) is 2. The summed E-state index contributed by atoms with van der Waals surface area (Å²) in [7, 11) is 2.16. The summed E-state index contributed by atoms with van der Waals surface area (Å²) in [6, 6.07) is 0. The maximum atomic E-state index is 11.8. The number of ether oxygens (including phenoxy) is 1. The van der Waals surface area contributed by atoms with Crippen LogP contribution in [0.4, 0.5) is 0 Å². The second-order valence-electron chi connectivity index (χ2n) is 5.20. The molecule has 0 N–H and O–H groups in total. The molecule has 0 saturated carbocycles. The van der Waals surface area contributed by atoms with Crippen LogP contribution in [-0.2, 0) is 9.53 Å². The Labute approximate surface area is 111 Å². The first-order valence-corrected chi connectivity index (χ1v) is 7.17. The first-order valence-electron chi connectivity index (χ1n) is 7.17. The van der Waals surface area contributed by atoms with E-state index in [9.17, 15) is 4.79 Å². The molecular weight excluding hydrogens is 228 g/mol. The van der Waals surface area contributed by atoms with Gasteiger partial charge in [0.2, 0.25) is 0 Å². The number of hydrogen-bond donors (Lipinski definition) is 0. The topological polar surface area (TPSA) is 32.8 Å². The molecule has 0 unspecified atom stereocenters. The van der Waals surface area contributed by atoms with Gasteiger partial charge in [0.25, 0.3) is 0 Å². The molecule has 0 aromatic rings. The van der Waals surface area contributed by atoms with Crippen molar-refractivity contribution in [3.8, 4) is 0 Å². The van der Waals surface area contributed by atoms with Gasteiger partial charge in [-0.05, 0) is 26.8 Å². The van der Waals surface area contributed by atoms with E-state index in [2.05, 4.69) is 30.7 Å². The molecule has 0 bridgehead atoms. The highest BCUT2D eigenvalue weighted by Crippen LogP contribution is 2.29. The SMILES string of the molecule is CCOC(=O)CC(CC)(CC)N1CCN(C)CC1. The van der Waals surface area contributed by atoms with Crippen LogP contribution in [0.1, 0.15) is 40.0 Å². The van der Waals surface area contributed by atoms with Gasteiger partial charge in [-0.15, -0.1) is 0 Å². The van der Waals surface area contributed by atoms with Crippen LogP contribution in [0, 0.1) is 0 Å². The van der Waals surface area contributed by atoms with Crippen LogP contribution in [0.25, 0.3) is 0 Å². The number of rotatable bonds is 6. The van der Waals surface area contributed by atoms with E-state index in [0.29, 0.717) is 13.0 Å². The molecule has 1 aliphatic heterocycles. The van der Waals surface area contributed by atoms with Crippen LogP contribution in [-0.4, -0.2) is 61.1 Å². The van der Waals surface area contributed by atoms with Gasteiger partial charge in [-0.25, -0.2) is 0 Å². The Balaban J connectivity index is 2.69. The van der Waals surface area contributed by atoms with E-state index in [1.807, 2.05) is 6.92 Å². The molecule has 1 rings (SSSR count). The third-order valence-electron chi connectivity index (χ3n) is 4.27. The van der Waals surface area contributed by atoms with E-state index in [0.717, 1.165) is 39.0 Å². The van der Waals surface area contributed by atoms with Crippen molar-refractivity contribution in [2.75, 3.05) is 39.8 Å². The van der Waals surface area contributed by atoms with Gasteiger partial charge in [0.05, 0.1) is 13.0 Å². The molecule has 0 amide bonds. The molecule has 0 aromatic carbocycles. The highest BCUT2D eigenvalue weighted by molar-refractivity contribution is 5.70. The Hall–Kier alpha value is -0.610. The van der Waals surface area contributed by atoms with E-state index >= 15 is 0 Å². The Morgan fingerprint density at radius 3 is 2.11 bits per heavy atom. The van der Waals surface area contributed by atoms with Crippen LogP contribution in [0.2, 0.25) is 0 Å². The van der Waals surface area contributed by atoms with Crippen molar-refractivity contribution in [3.05, 3.63) is 0 Å². The molecule has 1 saturated heterocycles. The zero-order valence-electron chi connectivity index (χ0n) is 12.4. The van der Waals surface area contributed by atoms with Crippen molar-refractivity contribution in [1.82, 2.24) is 9.80 Å². The standard InChI is InChI=1S/C14H28N2O2/c1-5-14(6-2,12-13(17)18-7-3)16-10-8-15(4)9-11-16/h5-12H2,1-4H3. The number of carbonyl (C=O) groups excluding carboxylic acids is 1. The molecule has 1 heterocycles. The number of carbonyl (C=O) groups is 1. The van der Waals surface area contributed by atoms with Crippen LogP contribution >= 0.6 is 0 Å². The van der Waals surface area contributed by atoms with E-state index in [1.165, 1.54) is 0 Å². The predicted molar refractivity (Wildman–Crippen MR) is 73.6 cm³/mol. The highest BCUT2D eigenvalue weighted by Gasteiger charge is 2.37. The van der Waals surface area contributed by atoms with Gasteiger partial charge in [0, 0.05) is 31.7 Å². The molecule has 0 aromatic heterocycles. The van der Waals surface area contributed by atoms with E-state index in [4.69, 9.17) is 4.74 Å². The highest BCUT2D eigenvalue weighted by atomic mass is 16.5. The molecule has 18 heavy (non-hydrogen) atoms. The number of hydrogen-bond acceptors (Lipinski definition) is 4. The molecule has 0 spiro atoms. The monoisotopic (exact) mass is 256 g/mol. The van der Waals surface area contributed by atoms with Crippen molar-refractivity contribution in [2.24, 2.45) is 0 Å². The maximum Gasteiger partial charge on any atom is 0.307 e. The number of piperazine rings is 1. The summed E-state index contributed by atoms with van der Waals surface area (Å²) in [6.45, 7) is 11.0. The maximum absolute atomic E-state index is 11.8. The first-order chi connectivity index (χ1) is 8.57. The zero-order valence-corrected chi connectivity index (χ0v) is 12.4. The van der Waals surface area contributed by atoms with Gasteiger partial charge in [-0.3, -0.25) is 9.69 Å². The van der Waals surface area contributed by atoms with E-state index in [-0.39, 0.29) is 11.5 Å². The van der Waals surface area contributed by atoms with Crippen molar-refractivity contribution in [3.63, 3.8) is 0 Å². The summed E-state index contributed by atoms with van der Waals surface area (Å²) >= 11 is 0. The molecule has 0 aliphatic carbocycles. The van der Waals surface area contributed by atoms with Crippen LogP contribution in [0.5, 0.6) is 0 Å². The molecule has 0 radical (unpaired) electrons. The predicted octanol–water partition coefficient (Wildman–Crippen LogP) is 1.75. The lowest BCUT2D eigenvalue weighted by atomic mass is 9.86. The smallest absolute Gasteiger partial charge is 0.307 e. The summed E-state index contributed by atoms with van der Waals surface area (Å²) in [4.78, 5) is 16.7. The number of esters is 1. The largest absolute Gasteiger partial charge is 0.466 e. The lowest BCUT2D eigenvalue weighted by Crippen LogP contribution is -2.56. The lowest BCUT2D eigenvalue weighted by molar-refractivity contribution is -0.147. The molecule has 1 aliphatic rings. The van der Waals surface area contributed by atoms with Gasteiger partial charge < -0.3 is 9.64 Å². The van der Waals surface area contributed by atoms with Gasteiger partial charge in [0.15, 0.2) is 0 Å². The fourth-order valence-electron chi connectivity index (χ4n) is 2.82. The second kappa shape index (κ2) is 7.10. The summed E-state index contributed by atoms with van der Waals surface area (Å²) < 4.78 is 5.14. The second-order valence-corrected chi connectivity index (χ2v) is 5.20. The summed E-state index contributed by atoms with van der Waals surface area (Å²) in [5.74, 6) is -0.0554. The quantitative estimate of drug-likeness (QED) is 0.678. The minimum absolute atomic E-state index is 0.00644. The molecular formula is C14H28N2O2. The fourth-order valence-corrected chi connectivity index (χ4v) is 2.82. The summed E-state index contributed by atoms with van der Waals surface area (Å²) in [5.41, 5.74) is -0.00644. The Morgan fingerprint density at radius 2 is 1.67 bits per heavy atom. The van der Waals surface area contributed by atoms with E-state index < -0.39 is 0 Å². The normalized spacial score (nSPS) is 18.9. The molecule has 4 heteroatoms. The molecule has 106 valence electrons. The average Bonchev–Trinajstić information content (AvgIpc) is 2.37. The Morgan fingerprint density at radius 1 is 1.11 bits per heavy atom. The van der Waals surface area contributed by atoms with Gasteiger partial charge in [-0.2, -0.15) is 0 Å². The number of likely N-dealkylation sites (N-methyl/N-ethyl adjacent to an activating group) is 1. The summed E-state index contributed by atoms with van der Waals surface area (Å²) in [5, 5.41) is 0. The Kier molecular flexibility index (Phi) is 6.09. The van der Waals surface area contributed by atoms with Crippen molar-refractivity contribution in [1.29, 1.82) is 0 Å². The van der Waals surface area contributed by atoms with Crippen molar-refractivity contribution >= 4 is 5.97 Å². The minimum Gasteiger partial charge on any atom is -0.466 e. The fraction of sp³-hybridized carbons (Fsp3) is 0.929. The first kappa shape index (κ1) is 15.4. The average molecular weight is 256 g/mol.